The Morgan fingerprint density at radius 3 is 0.850 bits per heavy atom. The lowest BCUT2D eigenvalue weighted by Gasteiger charge is -2.25. The summed E-state index contributed by atoms with van der Waals surface area (Å²) in [7, 11) is 13.0. The van der Waals surface area contributed by atoms with Crippen molar-refractivity contribution in [1.82, 2.24) is 19.6 Å². The topological polar surface area (TPSA) is 19.4 Å². The van der Waals surface area contributed by atoms with Gasteiger partial charge in [0.1, 0.15) is 0 Å². The molecular formula is C34H70N6. The monoisotopic (exact) mass is 563 g/mol. The van der Waals surface area contributed by atoms with Crippen LogP contribution in [0.3, 0.4) is 0 Å². The van der Waals surface area contributed by atoms with Crippen LogP contribution >= 0.6 is 0 Å². The predicted molar refractivity (Wildman–Crippen MR) is 184 cm³/mol. The van der Waals surface area contributed by atoms with Gasteiger partial charge in [0.25, 0.3) is 0 Å². The molecule has 3 aliphatic heterocycles. The van der Waals surface area contributed by atoms with Gasteiger partial charge in [-0.25, -0.2) is 0 Å². The van der Waals surface area contributed by atoms with Crippen LogP contribution in [0.1, 0.15) is 101 Å². The molecule has 0 amide bonds. The molecule has 3 aliphatic rings. The van der Waals surface area contributed by atoms with E-state index in [1.165, 1.54) is 33.9 Å². The molecule has 6 nitrogen and oxygen atoms in total. The maximum absolute atomic E-state index is 2.41. The molecule has 0 saturated carbocycles. The zero-order valence-electron chi connectivity index (χ0n) is 30.7. The minimum absolute atomic E-state index is 0.464. The number of rotatable bonds is 0. The van der Waals surface area contributed by atoms with Gasteiger partial charge in [0.05, 0.1) is 29.9 Å². The van der Waals surface area contributed by atoms with Crippen LogP contribution in [0.15, 0.2) is 23.5 Å². The van der Waals surface area contributed by atoms with E-state index in [2.05, 4.69) is 146 Å². The van der Waals surface area contributed by atoms with Crippen molar-refractivity contribution in [3.05, 3.63) is 34.7 Å². The molecule has 3 heterocycles. The highest BCUT2D eigenvalue weighted by Gasteiger charge is 2.34. The molecule has 1 aromatic carbocycles. The molecule has 1 saturated heterocycles. The highest BCUT2D eigenvalue weighted by molar-refractivity contribution is 5.78. The summed E-state index contributed by atoms with van der Waals surface area (Å²) in [4.78, 5) is 14.0. The second kappa shape index (κ2) is 18.5. The molecule has 4 rings (SSSR count). The van der Waals surface area contributed by atoms with Gasteiger partial charge in [0.15, 0.2) is 0 Å². The lowest BCUT2D eigenvalue weighted by molar-refractivity contribution is 0.185. The van der Waals surface area contributed by atoms with Gasteiger partial charge in [-0.1, -0.05) is 41.5 Å². The zero-order valence-corrected chi connectivity index (χ0v) is 30.7. The Balaban J connectivity index is 0. The second-order valence-corrected chi connectivity index (χ2v) is 10.7. The standard InChI is InChI=1S/C12H18N2.C8H18N2.C8H16N2.3C2H6/c1-8-6-11-12(7-9(8)2)14(5)10(3)13(11)4;2*1-6-7(2)10(5)8(3)9(6)4;3*1-2/h6-7,10H,1-5H3;6-8H,1-5H3;8H,1-5H3;3*1-2H3. The summed E-state index contributed by atoms with van der Waals surface area (Å²) < 4.78 is 0. The van der Waals surface area contributed by atoms with Crippen molar-refractivity contribution in [1.29, 1.82) is 0 Å². The number of hydrogen-bond donors (Lipinski definition) is 0. The third-order valence-electron chi connectivity index (χ3n) is 9.34. The minimum atomic E-state index is 0.464. The average Bonchev–Trinajstić information content (AvgIpc) is 3.36. The van der Waals surface area contributed by atoms with Gasteiger partial charge < -0.3 is 19.6 Å². The predicted octanol–water partition coefficient (Wildman–Crippen LogP) is 8.06. The molecule has 0 radical (unpaired) electrons. The smallest absolute Gasteiger partial charge is 0.0982 e. The number of fused-ring (bicyclic) bond motifs is 1. The van der Waals surface area contributed by atoms with E-state index in [9.17, 15) is 0 Å². The van der Waals surface area contributed by atoms with Crippen molar-refractivity contribution in [2.45, 2.75) is 134 Å². The Hall–Kier alpha value is -1.92. The quantitative estimate of drug-likeness (QED) is 0.316. The summed E-state index contributed by atoms with van der Waals surface area (Å²) in [5.41, 5.74) is 8.22. The number of likely N-dealkylation sites (N-methyl/N-ethyl adjacent to an activating group) is 2. The molecule has 2 atom stereocenters. The molecule has 0 aliphatic carbocycles. The molecule has 6 heteroatoms. The van der Waals surface area contributed by atoms with Gasteiger partial charge in [-0.3, -0.25) is 9.80 Å². The second-order valence-electron chi connectivity index (χ2n) is 10.7. The van der Waals surface area contributed by atoms with E-state index in [0.717, 1.165) is 0 Å². The third kappa shape index (κ3) is 9.04. The largest absolute Gasteiger partial charge is 0.357 e. The van der Waals surface area contributed by atoms with Crippen molar-refractivity contribution >= 4 is 11.4 Å². The normalized spacial score (nSPS) is 22.7. The van der Waals surface area contributed by atoms with Gasteiger partial charge in [-0.2, -0.15) is 0 Å². The molecule has 0 N–H and O–H groups in total. The fraction of sp³-hybridized carbons (Fsp3) is 0.765. The Morgan fingerprint density at radius 2 is 0.675 bits per heavy atom. The fourth-order valence-electron chi connectivity index (χ4n) is 4.99. The lowest BCUT2D eigenvalue weighted by atomic mass is 10.1. The van der Waals surface area contributed by atoms with Crippen LogP contribution in [0.25, 0.3) is 0 Å². The first kappa shape index (κ1) is 40.2. The first-order valence-corrected chi connectivity index (χ1v) is 15.8. The van der Waals surface area contributed by atoms with E-state index in [0.29, 0.717) is 30.6 Å². The Morgan fingerprint density at radius 1 is 0.425 bits per heavy atom. The Bertz CT molecular complexity index is 784. The van der Waals surface area contributed by atoms with Gasteiger partial charge in [-0.15, -0.1) is 0 Å². The molecule has 1 fully saturated rings. The van der Waals surface area contributed by atoms with Crippen LogP contribution < -0.4 is 9.80 Å². The first-order chi connectivity index (χ1) is 18.6. The summed E-state index contributed by atoms with van der Waals surface area (Å²) in [6.07, 6.45) is 1.59. The maximum atomic E-state index is 2.41. The lowest BCUT2D eigenvalue weighted by Crippen LogP contribution is -2.35. The van der Waals surface area contributed by atoms with Crippen molar-refractivity contribution in [2.24, 2.45) is 0 Å². The number of benzene rings is 1. The van der Waals surface area contributed by atoms with Gasteiger partial charge >= 0.3 is 0 Å². The maximum Gasteiger partial charge on any atom is 0.0982 e. The third-order valence-corrected chi connectivity index (χ3v) is 9.34. The number of aryl methyl sites for hydroxylation is 2. The van der Waals surface area contributed by atoms with E-state index >= 15 is 0 Å². The van der Waals surface area contributed by atoms with Gasteiger partial charge in [-0.05, 0) is 99.7 Å². The fourth-order valence-corrected chi connectivity index (χ4v) is 4.99. The van der Waals surface area contributed by atoms with Crippen LogP contribution in [0.2, 0.25) is 0 Å². The SMILES string of the molecule is CC.CC.CC.CC1=C(C)N(C)C(C)N1C.CC1C(C)N(C)C(C)N1C.Cc1cc2c(cc1C)N(C)C(C)N2C. The number of hydrogen-bond acceptors (Lipinski definition) is 6. The first-order valence-electron chi connectivity index (χ1n) is 15.8. The van der Waals surface area contributed by atoms with E-state index in [1.807, 2.05) is 41.5 Å². The van der Waals surface area contributed by atoms with E-state index in [1.54, 1.807) is 0 Å². The van der Waals surface area contributed by atoms with Crippen molar-refractivity contribution in [3.63, 3.8) is 0 Å². The molecule has 236 valence electrons. The molecule has 0 aromatic heterocycles. The zero-order chi connectivity index (χ0) is 32.2. The summed E-state index contributed by atoms with van der Waals surface area (Å²) in [6, 6.07) is 5.95. The van der Waals surface area contributed by atoms with Crippen molar-refractivity contribution in [3.8, 4) is 0 Å². The van der Waals surface area contributed by atoms with Crippen LogP contribution in [0.5, 0.6) is 0 Å². The van der Waals surface area contributed by atoms with Crippen LogP contribution in [-0.2, 0) is 0 Å². The van der Waals surface area contributed by atoms with Gasteiger partial charge in [0, 0.05) is 51.7 Å². The van der Waals surface area contributed by atoms with E-state index < -0.39 is 0 Å². The van der Waals surface area contributed by atoms with Crippen LogP contribution in [0.4, 0.5) is 11.4 Å². The van der Waals surface area contributed by atoms with Gasteiger partial charge in [0.2, 0.25) is 0 Å². The van der Waals surface area contributed by atoms with E-state index in [4.69, 9.17) is 0 Å². The van der Waals surface area contributed by atoms with Crippen LogP contribution in [-0.4, -0.2) is 92.5 Å². The minimum Gasteiger partial charge on any atom is -0.357 e. The van der Waals surface area contributed by atoms with Crippen LogP contribution in [0, 0.1) is 13.8 Å². The number of anilines is 2. The van der Waals surface area contributed by atoms with E-state index in [-0.39, 0.29) is 0 Å². The summed E-state index contributed by atoms with van der Waals surface area (Å²) in [6.45, 7) is 31.9. The molecule has 2 unspecified atom stereocenters. The summed E-state index contributed by atoms with van der Waals surface area (Å²) >= 11 is 0. The number of allylic oxidation sites excluding steroid dienone is 2. The Labute approximate surface area is 252 Å². The molecular weight excluding hydrogens is 492 g/mol. The summed E-state index contributed by atoms with van der Waals surface area (Å²) in [5.74, 6) is 0. The Kier molecular flexibility index (Phi) is 18.6. The molecule has 0 spiro atoms. The highest BCUT2D eigenvalue weighted by Crippen LogP contribution is 2.39. The molecule has 0 bridgehead atoms. The molecule has 40 heavy (non-hydrogen) atoms. The highest BCUT2D eigenvalue weighted by atomic mass is 15.4. The van der Waals surface area contributed by atoms with Crippen molar-refractivity contribution < 1.29 is 0 Å². The van der Waals surface area contributed by atoms with Crippen molar-refractivity contribution in [2.75, 3.05) is 52.1 Å². The average molecular weight is 563 g/mol. The molecule has 1 aromatic rings. The summed E-state index contributed by atoms with van der Waals surface area (Å²) in [5, 5.41) is 0. The number of nitrogens with zero attached hydrogens (tertiary/aromatic N) is 6.